The van der Waals surface area contributed by atoms with Crippen LogP contribution in [0.3, 0.4) is 0 Å². The molecule has 1 aliphatic rings. The third-order valence-corrected chi connectivity index (χ3v) is 4.87. The summed E-state index contributed by atoms with van der Waals surface area (Å²) in [5.74, 6) is 0.460. The topological polar surface area (TPSA) is 81.8 Å². The number of benzene rings is 1. The van der Waals surface area contributed by atoms with Crippen LogP contribution in [-0.2, 0) is 18.4 Å². The summed E-state index contributed by atoms with van der Waals surface area (Å²) in [5.41, 5.74) is 1.52. The van der Waals surface area contributed by atoms with E-state index in [9.17, 15) is 9.59 Å². The third-order valence-electron chi connectivity index (χ3n) is 4.87. The predicted octanol–water partition coefficient (Wildman–Crippen LogP) is 1.79. The predicted molar refractivity (Wildman–Crippen MR) is 97.4 cm³/mol. The average molecular weight is 351 g/mol. The van der Waals surface area contributed by atoms with E-state index in [1.165, 1.54) is 17.1 Å². The number of aryl methyl sites for hydroxylation is 2. The van der Waals surface area contributed by atoms with Crippen LogP contribution in [-0.4, -0.2) is 25.2 Å². The fraction of sp³-hybridized carbons (Fsp3) is 0.368. The standard InChI is InChI=1S/C19H21N5O2/c1-23-18-15(11-21-23)19(26)24(12-20-18)10-9-16(25)22-17(14-7-8-14)13-5-3-2-4-6-13/h2-6,11-12,14,17H,7-10H2,1H3,(H,22,25)/t17-/m0/s1. The molecule has 1 saturated carbocycles. The lowest BCUT2D eigenvalue weighted by molar-refractivity contribution is -0.122. The van der Waals surface area contributed by atoms with Crippen molar-refractivity contribution in [3.63, 3.8) is 0 Å². The molecule has 3 aromatic rings. The molecule has 0 unspecified atom stereocenters. The van der Waals surface area contributed by atoms with Crippen molar-refractivity contribution in [2.24, 2.45) is 13.0 Å². The lowest BCUT2D eigenvalue weighted by atomic mass is 10.0. The van der Waals surface area contributed by atoms with Gasteiger partial charge < -0.3 is 5.32 Å². The van der Waals surface area contributed by atoms with Crippen LogP contribution in [0.5, 0.6) is 0 Å². The molecule has 2 heterocycles. The Morgan fingerprint density at radius 2 is 2.08 bits per heavy atom. The molecular weight excluding hydrogens is 330 g/mol. The van der Waals surface area contributed by atoms with Crippen LogP contribution in [0.1, 0.15) is 30.9 Å². The van der Waals surface area contributed by atoms with Gasteiger partial charge in [-0.25, -0.2) is 4.98 Å². The van der Waals surface area contributed by atoms with Gasteiger partial charge in [0.25, 0.3) is 5.56 Å². The van der Waals surface area contributed by atoms with E-state index >= 15 is 0 Å². The van der Waals surface area contributed by atoms with Gasteiger partial charge in [0.05, 0.1) is 18.6 Å². The number of amides is 1. The summed E-state index contributed by atoms with van der Waals surface area (Å²) < 4.78 is 3.03. The second-order valence-electron chi connectivity index (χ2n) is 6.79. The zero-order chi connectivity index (χ0) is 18.1. The summed E-state index contributed by atoms with van der Waals surface area (Å²) in [6.07, 6.45) is 5.51. The molecule has 26 heavy (non-hydrogen) atoms. The van der Waals surface area contributed by atoms with Gasteiger partial charge in [0.2, 0.25) is 5.91 Å². The zero-order valence-electron chi connectivity index (χ0n) is 14.6. The molecule has 7 nitrogen and oxygen atoms in total. The van der Waals surface area contributed by atoms with Crippen LogP contribution in [0, 0.1) is 5.92 Å². The molecule has 4 rings (SSSR count). The SMILES string of the molecule is Cn1ncc2c(=O)n(CCC(=O)N[C@@H](c3ccccc3)C3CC3)cnc21. The lowest BCUT2D eigenvalue weighted by Gasteiger charge is -2.19. The molecule has 134 valence electrons. The van der Waals surface area contributed by atoms with Crippen molar-refractivity contribution >= 4 is 16.9 Å². The maximum atomic E-state index is 12.5. The van der Waals surface area contributed by atoms with E-state index in [-0.39, 0.29) is 23.9 Å². The minimum Gasteiger partial charge on any atom is -0.349 e. The molecule has 1 N–H and O–H groups in total. The highest BCUT2D eigenvalue weighted by atomic mass is 16.2. The number of nitrogens with zero attached hydrogens (tertiary/aromatic N) is 4. The number of hydrogen-bond acceptors (Lipinski definition) is 4. The summed E-state index contributed by atoms with van der Waals surface area (Å²) in [6.45, 7) is 0.300. The third kappa shape index (κ3) is 3.24. The summed E-state index contributed by atoms with van der Waals surface area (Å²) in [7, 11) is 1.74. The second-order valence-corrected chi connectivity index (χ2v) is 6.79. The Balaban J connectivity index is 1.44. The summed E-state index contributed by atoms with van der Waals surface area (Å²) >= 11 is 0. The van der Waals surface area contributed by atoms with Gasteiger partial charge in [0.15, 0.2) is 5.65 Å². The van der Waals surface area contributed by atoms with E-state index in [4.69, 9.17) is 0 Å². The van der Waals surface area contributed by atoms with E-state index in [1.54, 1.807) is 11.7 Å². The quantitative estimate of drug-likeness (QED) is 0.734. The van der Waals surface area contributed by atoms with Crippen molar-refractivity contribution < 1.29 is 4.79 Å². The molecule has 1 atom stereocenters. The molecule has 0 bridgehead atoms. The summed E-state index contributed by atoms with van der Waals surface area (Å²) in [5, 5.41) is 7.66. The normalized spacial score (nSPS) is 15.1. The summed E-state index contributed by atoms with van der Waals surface area (Å²) in [4.78, 5) is 29.2. The molecular formula is C19H21N5O2. The molecule has 7 heteroatoms. The largest absolute Gasteiger partial charge is 0.349 e. The molecule has 1 amide bonds. The molecule has 0 radical (unpaired) electrons. The fourth-order valence-electron chi connectivity index (χ4n) is 3.26. The van der Waals surface area contributed by atoms with Gasteiger partial charge in [0, 0.05) is 20.0 Å². The highest BCUT2D eigenvalue weighted by Crippen LogP contribution is 2.40. The Hall–Kier alpha value is -2.96. The van der Waals surface area contributed by atoms with Gasteiger partial charge >= 0.3 is 0 Å². The van der Waals surface area contributed by atoms with E-state index in [2.05, 4.69) is 15.4 Å². The van der Waals surface area contributed by atoms with Crippen molar-refractivity contribution in [1.82, 2.24) is 24.6 Å². The van der Waals surface area contributed by atoms with Crippen LogP contribution in [0.15, 0.2) is 47.7 Å². The van der Waals surface area contributed by atoms with E-state index in [0.717, 1.165) is 18.4 Å². The Labute approximate surface area is 150 Å². The number of fused-ring (bicyclic) bond motifs is 1. The van der Waals surface area contributed by atoms with Gasteiger partial charge in [-0.15, -0.1) is 0 Å². The fourth-order valence-corrected chi connectivity index (χ4v) is 3.26. The molecule has 1 aliphatic carbocycles. The highest BCUT2D eigenvalue weighted by molar-refractivity contribution is 5.76. The van der Waals surface area contributed by atoms with Crippen LogP contribution < -0.4 is 10.9 Å². The van der Waals surface area contributed by atoms with Crippen molar-refractivity contribution in [2.45, 2.75) is 31.8 Å². The molecule has 2 aromatic heterocycles. The lowest BCUT2D eigenvalue weighted by Crippen LogP contribution is -2.31. The highest BCUT2D eigenvalue weighted by Gasteiger charge is 2.33. The smallest absolute Gasteiger partial charge is 0.264 e. The molecule has 1 fully saturated rings. The Morgan fingerprint density at radius 1 is 1.31 bits per heavy atom. The molecule has 0 saturated heterocycles. The minimum absolute atomic E-state index is 0.0519. The van der Waals surface area contributed by atoms with Crippen molar-refractivity contribution in [3.05, 3.63) is 58.8 Å². The van der Waals surface area contributed by atoms with Crippen LogP contribution >= 0.6 is 0 Å². The first-order valence-electron chi connectivity index (χ1n) is 8.85. The number of nitrogens with one attached hydrogen (secondary N) is 1. The van der Waals surface area contributed by atoms with Crippen molar-refractivity contribution in [1.29, 1.82) is 0 Å². The van der Waals surface area contributed by atoms with Gasteiger partial charge in [0.1, 0.15) is 5.39 Å². The Kier molecular flexibility index (Phi) is 4.28. The van der Waals surface area contributed by atoms with Gasteiger partial charge in [-0.1, -0.05) is 30.3 Å². The van der Waals surface area contributed by atoms with Crippen LogP contribution in [0.2, 0.25) is 0 Å². The van der Waals surface area contributed by atoms with Gasteiger partial charge in [-0.3, -0.25) is 18.8 Å². The minimum atomic E-state index is -0.169. The zero-order valence-corrected chi connectivity index (χ0v) is 14.6. The number of hydrogen-bond donors (Lipinski definition) is 1. The average Bonchev–Trinajstić information content (AvgIpc) is 3.43. The first-order chi connectivity index (χ1) is 12.6. The van der Waals surface area contributed by atoms with Crippen molar-refractivity contribution in [3.8, 4) is 0 Å². The maximum absolute atomic E-state index is 12.5. The van der Waals surface area contributed by atoms with Crippen LogP contribution in [0.4, 0.5) is 0 Å². The second kappa shape index (κ2) is 6.74. The van der Waals surface area contributed by atoms with Crippen LogP contribution in [0.25, 0.3) is 11.0 Å². The molecule has 0 spiro atoms. The van der Waals surface area contributed by atoms with E-state index in [1.807, 2.05) is 30.3 Å². The molecule has 0 aliphatic heterocycles. The number of aromatic nitrogens is 4. The van der Waals surface area contributed by atoms with E-state index < -0.39 is 0 Å². The van der Waals surface area contributed by atoms with Gasteiger partial charge in [-0.05, 0) is 24.3 Å². The van der Waals surface area contributed by atoms with Gasteiger partial charge in [-0.2, -0.15) is 5.10 Å². The number of carbonyl (C=O) groups excluding carboxylic acids is 1. The van der Waals surface area contributed by atoms with E-state index in [0.29, 0.717) is 23.5 Å². The molecule has 1 aromatic carbocycles. The number of carbonyl (C=O) groups is 1. The van der Waals surface area contributed by atoms with Crippen molar-refractivity contribution in [2.75, 3.05) is 0 Å². The first kappa shape index (κ1) is 16.5. The monoisotopic (exact) mass is 351 g/mol. The maximum Gasteiger partial charge on any atom is 0.264 e. The summed E-state index contributed by atoms with van der Waals surface area (Å²) in [6, 6.07) is 10.1. The number of rotatable bonds is 6. The first-order valence-corrected chi connectivity index (χ1v) is 8.85. The Bertz CT molecular complexity index is 988. The Morgan fingerprint density at radius 3 is 2.81 bits per heavy atom.